The predicted molar refractivity (Wildman–Crippen MR) is 141 cm³/mol. The number of nitrogens with zero attached hydrogens (tertiary/aromatic N) is 6. The van der Waals surface area contributed by atoms with Crippen LogP contribution in [0.2, 0.25) is 0 Å². The van der Waals surface area contributed by atoms with E-state index in [-0.39, 0.29) is 17.3 Å². The van der Waals surface area contributed by atoms with Crippen molar-refractivity contribution in [1.82, 2.24) is 25.2 Å². The average Bonchev–Trinajstić information content (AvgIpc) is 3.53. The van der Waals surface area contributed by atoms with Crippen molar-refractivity contribution in [1.29, 1.82) is 0 Å². The number of tetrazole rings is 1. The first kappa shape index (κ1) is 23.9. The van der Waals surface area contributed by atoms with E-state index in [1.165, 1.54) is 35.2 Å². The highest BCUT2D eigenvalue weighted by atomic mass is 32.2. The number of aromatic nitrogens is 5. The summed E-state index contributed by atoms with van der Waals surface area (Å²) in [6.45, 7) is 0. The van der Waals surface area contributed by atoms with Crippen molar-refractivity contribution in [3.05, 3.63) is 88.5 Å². The Morgan fingerprint density at radius 1 is 1.06 bits per heavy atom. The number of amides is 1. The lowest BCUT2D eigenvalue weighted by atomic mass is 10.2. The SMILES string of the molecule is O=C(CSc1nnnn1-c1ccccc1)Nc1ccc2nc(SCc3ccc([N+](=O)[O-])cc3)sc2c1. The smallest absolute Gasteiger partial charge is 0.269 e. The molecule has 3 aromatic carbocycles. The van der Waals surface area contributed by atoms with E-state index < -0.39 is 4.92 Å². The second-order valence-electron chi connectivity index (χ2n) is 7.42. The molecule has 1 amide bonds. The maximum Gasteiger partial charge on any atom is 0.269 e. The predicted octanol–water partition coefficient (Wildman–Crippen LogP) is 5.20. The number of hydrogen-bond acceptors (Lipinski definition) is 10. The Hall–Kier alpha value is -3.81. The highest BCUT2D eigenvalue weighted by Gasteiger charge is 2.13. The third-order valence-corrected chi connectivity index (χ3v) is 8.09. The minimum Gasteiger partial charge on any atom is -0.325 e. The van der Waals surface area contributed by atoms with Crippen molar-refractivity contribution < 1.29 is 9.72 Å². The number of fused-ring (bicyclic) bond motifs is 1. The van der Waals surface area contributed by atoms with Crippen LogP contribution in [0.15, 0.2) is 82.3 Å². The van der Waals surface area contributed by atoms with Crippen LogP contribution in [-0.2, 0) is 10.5 Å². The van der Waals surface area contributed by atoms with Crippen molar-refractivity contribution in [2.45, 2.75) is 15.2 Å². The number of para-hydroxylation sites is 1. The normalized spacial score (nSPS) is 11.0. The molecule has 0 aliphatic carbocycles. The number of non-ortho nitro benzene ring substituents is 1. The minimum atomic E-state index is -0.409. The summed E-state index contributed by atoms with van der Waals surface area (Å²) in [5, 5.41) is 26.0. The summed E-state index contributed by atoms with van der Waals surface area (Å²) in [5.74, 6) is 0.644. The fourth-order valence-corrected chi connectivity index (χ4v) is 5.98. The summed E-state index contributed by atoms with van der Waals surface area (Å²) >= 11 is 4.35. The van der Waals surface area contributed by atoms with Crippen LogP contribution in [0.3, 0.4) is 0 Å². The van der Waals surface area contributed by atoms with Gasteiger partial charge >= 0.3 is 0 Å². The second-order valence-corrected chi connectivity index (χ2v) is 10.6. The fraction of sp³-hybridized carbons (Fsp3) is 0.0870. The van der Waals surface area contributed by atoms with Crippen LogP contribution in [-0.4, -0.2) is 41.8 Å². The summed E-state index contributed by atoms with van der Waals surface area (Å²) < 4.78 is 3.44. The van der Waals surface area contributed by atoms with Gasteiger partial charge in [0, 0.05) is 23.6 Å². The zero-order valence-corrected chi connectivity index (χ0v) is 20.9. The van der Waals surface area contributed by atoms with Gasteiger partial charge in [0.1, 0.15) is 0 Å². The Morgan fingerprint density at radius 3 is 2.64 bits per heavy atom. The number of nitro benzene ring substituents is 1. The van der Waals surface area contributed by atoms with Gasteiger partial charge in [0.2, 0.25) is 11.1 Å². The molecule has 0 saturated heterocycles. The Kier molecular flexibility index (Phi) is 7.21. The van der Waals surface area contributed by atoms with E-state index in [1.54, 1.807) is 28.6 Å². The molecular weight excluding hydrogens is 519 g/mol. The van der Waals surface area contributed by atoms with Crippen LogP contribution in [0.1, 0.15) is 5.56 Å². The Bertz CT molecular complexity index is 1520. The molecule has 0 saturated carbocycles. The third kappa shape index (κ3) is 5.70. The molecule has 0 radical (unpaired) electrons. The van der Waals surface area contributed by atoms with Crippen LogP contribution in [0.5, 0.6) is 0 Å². The number of thiazole rings is 1. The van der Waals surface area contributed by atoms with Gasteiger partial charge in [-0.15, -0.1) is 16.4 Å². The van der Waals surface area contributed by atoms with E-state index in [4.69, 9.17) is 0 Å². The molecule has 36 heavy (non-hydrogen) atoms. The maximum absolute atomic E-state index is 12.6. The van der Waals surface area contributed by atoms with Gasteiger partial charge in [-0.2, -0.15) is 4.68 Å². The largest absolute Gasteiger partial charge is 0.325 e. The van der Waals surface area contributed by atoms with Gasteiger partial charge in [-0.05, 0) is 46.3 Å². The minimum absolute atomic E-state index is 0.0754. The number of hydrogen-bond donors (Lipinski definition) is 1. The molecule has 1 N–H and O–H groups in total. The first-order valence-corrected chi connectivity index (χ1v) is 13.4. The lowest BCUT2D eigenvalue weighted by Crippen LogP contribution is -2.14. The van der Waals surface area contributed by atoms with Gasteiger partial charge in [-0.1, -0.05) is 53.9 Å². The van der Waals surface area contributed by atoms with Gasteiger partial charge in [0.15, 0.2) is 4.34 Å². The van der Waals surface area contributed by atoms with E-state index in [0.29, 0.717) is 16.6 Å². The molecule has 0 spiro atoms. The highest BCUT2D eigenvalue weighted by molar-refractivity contribution is 8.00. The molecule has 5 rings (SSSR count). The van der Waals surface area contributed by atoms with Crippen molar-refractivity contribution in [2.24, 2.45) is 0 Å². The standard InChI is InChI=1S/C23H17N7O3S3/c31-21(14-34-22-26-27-28-29(22)17-4-2-1-3-5-17)24-16-8-11-19-20(12-16)36-23(25-19)35-13-15-6-9-18(10-7-15)30(32)33/h1-12H,13-14H2,(H,24,31). The topological polar surface area (TPSA) is 129 Å². The Balaban J connectivity index is 1.18. The van der Waals surface area contributed by atoms with Crippen molar-refractivity contribution >= 4 is 62.4 Å². The molecule has 0 bridgehead atoms. The number of rotatable bonds is 9. The summed E-state index contributed by atoms with van der Waals surface area (Å²) in [6, 6.07) is 21.6. The zero-order chi connectivity index (χ0) is 24.9. The van der Waals surface area contributed by atoms with E-state index in [1.807, 2.05) is 48.5 Å². The number of nitrogens with one attached hydrogen (secondary N) is 1. The Morgan fingerprint density at radius 2 is 1.86 bits per heavy atom. The fourth-order valence-electron chi connectivity index (χ4n) is 3.23. The molecule has 0 atom stereocenters. The summed E-state index contributed by atoms with van der Waals surface area (Å²) in [5.41, 5.74) is 3.41. The molecule has 0 unspecified atom stereocenters. The molecule has 2 aromatic heterocycles. The highest BCUT2D eigenvalue weighted by Crippen LogP contribution is 2.33. The molecule has 0 fully saturated rings. The lowest BCUT2D eigenvalue weighted by Gasteiger charge is -2.06. The van der Waals surface area contributed by atoms with Crippen LogP contribution in [0.4, 0.5) is 11.4 Å². The number of nitro groups is 1. The molecule has 0 aliphatic heterocycles. The molecule has 5 aromatic rings. The molecule has 13 heteroatoms. The van der Waals surface area contributed by atoms with E-state index in [2.05, 4.69) is 25.8 Å². The van der Waals surface area contributed by atoms with Crippen LogP contribution in [0.25, 0.3) is 15.9 Å². The number of carbonyl (C=O) groups is 1. The van der Waals surface area contributed by atoms with Crippen molar-refractivity contribution in [2.75, 3.05) is 11.1 Å². The maximum atomic E-state index is 12.6. The third-order valence-electron chi connectivity index (χ3n) is 4.94. The van der Waals surface area contributed by atoms with Crippen LogP contribution < -0.4 is 5.32 Å². The molecule has 10 nitrogen and oxygen atoms in total. The quantitative estimate of drug-likeness (QED) is 0.154. The van der Waals surface area contributed by atoms with Gasteiger partial charge in [0.25, 0.3) is 5.69 Å². The first-order valence-electron chi connectivity index (χ1n) is 10.6. The average molecular weight is 536 g/mol. The van der Waals surface area contributed by atoms with E-state index >= 15 is 0 Å². The van der Waals surface area contributed by atoms with Gasteiger partial charge in [-0.25, -0.2) is 4.98 Å². The van der Waals surface area contributed by atoms with E-state index in [9.17, 15) is 14.9 Å². The van der Waals surface area contributed by atoms with E-state index in [0.717, 1.165) is 25.8 Å². The zero-order valence-electron chi connectivity index (χ0n) is 18.5. The van der Waals surface area contributed by atoms with Crippen molar-refractivity contribution in [3.63, 3.8) is 0 Å². The van der Waals surface area contributed by atoms with Crippen molar-refractivity contribution in [3.8, 4) is 5.69 Å². The number of thioether (sulfide) groups is 2. The second kappa shape index (κ2) is 10.8. The molecule has 180 valence electrons. The number of carbonyl (C=O) groups excluding carboxylic acids is 1. The summed E-state index contributed by atoms with van der Waals surface area (Å²) in [6.07, 6.45) is 0. The molecule has 0 aliphatic rings. The van der Waals surface area contributed by atoms with Crippen LogP contribution in [0, 0.1) is 10.1 Å². The van der Waals surface area contributed by atoms with Crippen LogP contribution >= 0.6 is 34.9 Å². The van der Waals surface area contributed by atoms with Gasteiger partial charge in [-0.3, -0.25) is 14.9 Å². The first-order chi connectivity index (χ1) is 17.5. The monoisotopic (exact) mass is 535 g/mol. The Labute approximate surface area is 217 Å². The molecular formula is C23H17N7O3S3. The number of anilines is 1. The molecule has 2 heterocycles. The summed E-state index contributed by atoms with van der Waals surface area (Å²) in [4.78, 5) is 27.6. The lowest BCUT2D eigenvalue weighted by molar-refractivity contribution is -0.384. The summed E-state index contributed by atoms with van der Waals surface area (Å²) in [7, 11) is 0. The van der Waals surface area contributed by atoms with Gasteiger partial charge in [0.05, 0.1) is 26.6 Å². The van der Waals surface area contributed by atoms with Gasteiger partial charge < -0.3 is 5.32 Å². The number of benzene rings is 3.